The first-order valence-electron chi connectivity index (χ1n) is 5.39. The van der Waals surface area contributed by atoms with Gasteiger partial charge in [-0.3, -0.25) is 14.4 Å². The molecule has 7 nitrogen and oxygen atoms in total. The lowest BCUT2D eigenvalue weighted by Crippen LogP contribution is -2.13. The fraction of sp³-hybridized carbons (Fsp3) is 0.455. The second-order valence-electron chi connectivity index (χ2n) is 3.44. The number of nitrogens with one attached hydrogen (secondary N) is 1. The number of esters is 2. The van der Waals surface area contributed by atoms with E-state index in [9.17, 15) is 14.4 Å². The molecule has 0 aliphatic carbocycles. The number of Topliss-reactive ketones (excluding diaryl/α,β-unsaturated/α-hetero) is 1. The fourth-order valence-corrected chi connectivity index (χ4v) is 1.15. The third-order valence-electron chi connectivity index (χ3n) is 1.94. The van der Waals surface area contributed by atoms with E-state index in [1.54, 1.807) is 6.92 Å². The van der Waals surface area contributed by atoms with Crippen molar-refractivity contribution in [1.82, 2.24) is 9.97 Å². The first-order valence-corrected chi connectivity index (χ1v) is 5.39. The molecule has 0 saturated carbocycles. The van der Waals surface area contributed by atoms with Crippen molar-refractivity contribution < 1.29 is 23.9 Å². The SMILES string of the molecule is CCOC(=O)CC(=O)OCc1c[nH]c(C(C)=O)n1. The zero-order valence-electron chi connectivity index (χ0n) is 10.2. The van der Waals surface area contributed by atoms with Crippen LogP contribution >= 0.6 is 0 Å². The maximum Gasteiger partial charge on any atom is 0.317 e. The number of hydrogen-bond donors (Lipinski definition) is 1. The van der Waals surface area contributed by atoms with Gasteiger partial charge in [0.05, 0.1) is 12.3 Å². The van der Waals surface area contributed by atoms with Crippen molar-refractivity contribution in [2.24, 2.45) is 0 Å². The van der Waals surface area contributed by atoms with Crippen LogP contribution < -0.4 is 0 Å². The number of H-pyrrole nitrogens is 1. The Bertz CT molecular complexity index is 452. The van der Waals surface area contributed by atoms with E-state index in [4.69, 9.17) is 4.74 Å². The lowest BCUT2D eigenvalue weighted by atomic mass is 10.4. The summed E-state index contributed by atoms with van der Waals surface area (Å²) in [4.78, 5) is 39.7. The highest BCUT2D eigenvalue weighted by Crippen LogP contribution is 2.01. The van der Waals surface area contributed by atoms with Gasteiger partial charge < -0.3 is 14.5 Å². The Hall–Kier alpha value is -2.18. The monoisotopic (exact) mass is 254 g/mol. The van der Waals surface area contributed by atoms with Gasteiger partial charge in [0, 0.05) is 13.1 Å². The van der Waals surface area contributed by atoms with Gasteiger partial charge in [0.1, 0.15) is 13.0 Å². The van der Waals surface area contributed by atoms with Crippen molar-refractivity contribution in [3.8, 4) is 0 Å². The van der Waals surface area contributed by atoms with E-state index in [2.05, 4.69) is 14.7 Å². The number of nitrogens with zero attached hydrogens (tertiary/aromatic N) is 1. The van der Waals surface area contributed by atoms with Crippen molar-refractivity contribution in [1.29, 1.82) is 0 Å². The van der Waals surface area contributed by atoms with Crippen LogP contribution in [0.5, 0.6) is 0 Å². The van der Waals surface area contributed by atoms with Crippen LogP contribution in [0, 0.1) is 0 Å². The Morgan fingerprint density at radius 2 is 1.94 bits per heavy atom. The molecule has 0 aliphatic heterocycles. The van der Waals surface area contributed by atoms with Crippen LogP contribution in [-0.2, 0) is 25.7 Å². The molecular weight excluding hydrogens is 240 g/mol. The predicted molar refractivity (Wildman–Crippen MR) is 59.6 cm³/mol. The van der Waals surface area contributed by atoms with Gasteiger partial charge >= 0.3 is 11.9 Å². The lowest BCUT2D eigenvalue weighted by molar-refractivity contribution is -0.155. The molecule has 7 heteroatoms. The van der Waals surface area contributed by atoms with Crippen LogP contribution in [0.4, 0.5) is 0 Å². The summed E-state index contributed by atoms with van der Waals surface area (Å²) in [6.07, 6.45) is 1.03. The molecular formula is C11H14N2O5. The van der Waals surface area contributed by atoms with Crippen molar-refractivity contribution >= 4 is 17.7 Å². The lowest BCUT2D eigenvalue weighted by Gasteiger charge is -2.02. The van der Waals surface area contributed by atoms with Gasteiger partial charge in [-0.05, 0) is 6.92 Å². The number of aromatic amines is 1. The van der Waals surface area contributed by atoms with Crippen LogP contribution in [0.15, 0.2) is 6.20 Å². The number of aromatic nitrogens is 2. The van der Waals surface area contributed by atoms with Gasteiger partial charge in [0.25, 0.3) is 0 Å². The number of ketones is 1. The number of imidazole rings is 1. The van der Waals surface area contributed by atoms with Gasteiger partial charge in [-0.1, -0.05) is 0 Å². The average Bonchev–Trinajstić information content (AvgIpc) is 2.75. The molecule has 0 saturated heterocycles. The number of ether oxygens (including phenoxy) is 2. The second-order valence-corrected chi connectivity index (χ2v) is 3.44. The van der Waals surface area contributed by atoms with E-state index >= 15 is 0 Å². The summed E-state index contributed by atoms with van der Waals surface area (Å²) in [7, 11) is 0. The molecule has 98 valence electrons. The normalized spacial score (nSPS) is 9.89. The number of hydrogen-bond acceptors (Lipinski definition) is 6. The minimum atomic E-state index is -0.694. The third kappa shape index (κ3) is 4.36. The summed E-state index contributed by atoms with van der Waals surface area (Å²) in [5.74, 6) is -1.33. The highest BCUT2D eigenvalue weighted by atomic mass is 16.6. The van der Waals surface area contributed by atoms with Crippen molar-refractivity contribution in [3.05, 3.63) is 17.7 Å². The third-order valence-corrected chi connectivity index (χ3v) is 1.94. The van der Waals surface area contributed by atoms with E-state index < -0.39 is 18.4 Å². The van der Waals surface area contributed by atoms with E-state index in [0.29, 0.717) is 5.69 Å². The molecule has 0 spiro atoms. The molecule has 1 aromatic heterocycles. The molecule has 1 rings (SSSR count). The average molecular weight is 254 g/mol. The highest BCUT2D eigenvalue weighted by Gasteiger charge is 2.12. The van der Waals surface area contributed by atoms with E-state index in [1.807, 2.05) is 0 Å². The van der Waals surface area contributed by atoms with Gasteiger partial charge in [-0.2, -0.15) is 0 Å². The predicted octanol–water partition coefficient (Wildman–Crippen LogP) is 0.609. The number of carbonyl (C=O) groups excluding carboxylic acids is 3. The van der Waals surface area contributed by atoms with E-state index in [-0.39, 0.29) is 24.8 Å². The molecule has 0 radical (unpaired) electrons. The molecule has 0 fully saturated rings. The zero-order chi connectivity index (χ0) is 13.5. The Labute approximate surface area is 103 Å². The molecule has 0 aromatic carbocycles. The summed E-state index contributed by atoms with van der Waals surface area (Å²) in [5, 5.41) is 0. The topological polar surface area (TPSA) is 98.4 Å². The molecule has 1 N–H and O–H groups in total. The largest absolute Gasteiger partial charge is 0.466 e. The standard InChI is InChI=1S/C11H14N2O5/c1-3-17-9(15)4-10(16)18-6-8-5-12-11(13-8)7(2)14/h5H,3-4,6H2,1-2H3,(H,12,13). The van der Waals surface area contributed by atoms with E-state index in [1.165, 1.54) is 13.1 Å². The van der Waals surface area contributed by atoms with Crippen LogP contribution in [0.2, 0.25) is 0 Å². The summed E-state index contributed by atoms with van der Waals surface area (Å²) in [5.41, 5.74) is 0.414. The molecule has 0 bridgehead atoms. The first kappa shape index (κ1) is 13.9. The quantitative estimate of drug-likeness (QED) is 0.453. The van der Waals surface area contributed by atoms with Gasteiger partial charge in [0.15, 0.2) is 11.6 Å². The molecule has 0 unspecified atom stereocenters. The number of carbonyl (C=O) groups is 3. The molecule has 1 aromatic rings. The summed E-state index contributed by atoms with van der Waals surface area (Å²) < 4.78 is 9.40. The van der Waals surface area contributed by atoms with Gasteiger partial charge in [0.2, 0.25) is 0 Å². The molecule has 0 aliphatic rings. The van der Waals surface area contributed by atoms with Gasteiger partial charge in [-0.15, -0.1) is 0 Å². The number of rotatable bonds is 6. The van der Waals surface area contributed by atoms with Crippen LogP contribution in [0.25, 0.3) is 0 Å². The van der Waals surface area contributed by atoms with Crippen molar-refractivity contribution in [3.63, 3.8) is 0 Å². The highest BCUT2D eigenvalue weighted by molar-refractivity contribution is 5.91. The first-order chi connectivity index (χ1) is 8.52. The maximum absolute atomic E-state index is 11.2. The van der Waals surface area contributed by atoms with Crippen LogP contribution in [0.1, 0.15) is 36.6 Å². The smallest absolute Gasteiger partial charge is 0.317 e. The molecule has 0 atom stereocenters. The second kappa shape index (κ2) is 6.53. The minimum Gasteiger partial charge on any atom is -0.466 e. The molecule has 18 heavy (non-hydrogen) atoms. The molecule has 1 heterocycles. The molecule has 0 amide bonds. The van der Waals surface area contributed by atoms with Crippen molar-refractivity contribution in [2.75, 3.05) is 6.61 Å². The fourth-order valence-electron chi connectivity index (χ4n) is 1.15. The Balaban J connectivity index is 2.37. The Kier molecular flexibility index (Phi) is 5.04. The minimum absolute atomic E-state index is 0.0952. The van der Waals surface area contributed by atoms with Crippen LogP contribution in [-0.4, -0.2) is 34.3 Å². The zero-order valence-corrected chi connectivity index (χ0v) is 10.2. The van der Waals surface area contributed by atoms with Gasteiger partial charge in [-0.25, -0.2) is 4.98 Å². The van der Waals surface area contributed by atoms with Crippen molar-refractivity contribution in [2.45, 2.75) is 26.9 Å². The summed E-state index contributed by atoms with van der Waals surface area (Å²) in [6, 6.07) is 0. The Morgan fingerprint density at radius 1 is 1.28 bits per heavy atom. The Morgan fingerprint density at radius 3 is 2.50 bits per heavy atom. The van der Waals surface area contributed by atoms with E-state index in [0.717, 1.165) is 0 Å². The summed E-state index contributed by atoms with van der Waals surface area (Å²) >= 11 is 0. The summed E-state index contributed by atoms with van der Waals surface area (Å²) in [6.45, 7) is 3.14. The maximum atomic E-state index is 11.2. The van der Waals surface area contributed by atoms with Crippen LogP contribution in [0.3, 0.4) is 0 Å².